The van der Waals surface area contributed by atoms with Gasteiger partial charge < -0.3 is 5.32 Å². The number of benzene rings is 1. The number of hydrogen-bond acceptors (Lipinski definition) is 3. The van der Waals surface area contributed by atoms with E-state index < -0.39 is 44.1 Å². The summed E-state index contributed by atoms with van der Waals surface area (Å²) in [4.78, 5) is 2.69. The number of nitrogens with zero attached hydrogens (tertiary/aromatic N) is 1. The summed E-state index contributed by atoms with van der Waals surface area (Å²) in [6.07, 6.45) is -8.17. The molecule has 12 heteroatoms. The first-order valence-electron chi connectivity index (χ1n) is 7.08. The molecule has 138 valence electrons. The smallest absolute Gasteiger partial charge is 0.324 e. The molecule has 1 aliphatic heterocycles. The molecule has 1 saturated carbocycles. The fraction of sp³-hybridized carbons (Fsp3) is 0.462. The van der Waals surface area contributed by atoms with Crippen LogP contribution in [0.25, 0.3) is 0 Å². The van der Waals surface area contributed by atoms with Crippen molar-refractivity contribution in [3.8, 4) is 0 Å². The molecule has 2 aliphatic rings. The van der Waals surface area contributed by atoms with Gasteiger partial charge in [-0.2, -0.15) is 26.3 Å². The lowest BCUT2D eigenvalue weighted by Gasteiger charge is -2.28. The molecular formula is C13H11F6N3O2S. The van der Waals surface area contributed by atoms with Gasteiger partial charge in [-0.1, -0.05) is 0 Å². The lowest BCUT2D eigenvalue weighted by Crippen LogP contribution is -2.43. The van der Waals surface area contributed by atoms with E-state index >= 15 is 0 Å². The molecular weight excluding hydrogens is 376 g/mol. The summed E-state index contributed by atoms with van der Waals surface area (Å²) in [5.74, 6) is -0.385. The van der Waals surface area contributed by atoms with Crippen molar-refractivity contribution in [3.63, 3.8) is 0 Å². The Bertz CT molecular complexity index is 841. The minimum Gasteiger partial charge on any atom is -0.324 e. The Morgan fingerprint density at radius 1 is 1.04 bits per heavy atom. The quantitative estimate of drug-likeness (QED) is 0.727. The predicted octanol–water partition coefficient (Wildman–Crippen LogP) is 3.34. The molecule has 1 fully saturated rings. The van der Waals surface area contributed by atoms with Gasteiger partial charge in [0, 0.05) is 0 Å². The first-order valence-corrected chi connectivity index (χ1v) is 8.56. The normalized spacial score (nSPS) is 21.9. The zero-order valence-corrected chi connectivity index (χ0v) is 13.1. The zero-order chi connectivity index (χ0) is 18.6. The van der Waals surface area contributed by atoms with E-state index in [1.807, 2.05) is 4.72 Å². The van der Waals surface area contributed by atoms with Gasteiger partial charge in [0.15, 0.2) is 0 Å². The average molecular weight is 387 g/mol. The lowest BCUT2D eigenvalue weighted by atomic mass is 9.94. The molecule has 2 N–H and O–H groups in total. The Kier molecular flexibility index (Phi) is 3.93. The molecule has 0 atom stereocenters. The van der Waals surface area contributed by atoms with Crippen molar-refractivity contribution in [1.29, 1.82) is 0 Å². The van der Waals surface area contributed by atoms with Gasteiger partial charge in [-0.05, 0) is 31.4 Å². The summed E-state index contributed by atoms with van der Waals surface area (Å²) >= 11 is 0. The molecule has 25 heavy (non-hydrogen) atoms. The highest BCUT2D eigenvalue weighted by molar-refractivity contribution is 7.90. The van der Waals surface area contributed by atoms with Crippen LogP contribution in [0.15, 0.2) is 22.0 Å². The van der Waals surface area contributed by atoms with Gasteiger partial charge in [0.25, 0.3) is 10.0 Å². The largest absolute Gasteiger partial charge is 0.417 e. The number of rotatable bonds is 1. The van der Waals surface area contributed by atoms with Crippen LogP contribution in [0.5, 0.6) is 0 Å². The van der Waals surface area contributed by atoms with E-state index in [1.165, 1.54) is 0 Å². The van der Waals surface area contributed by atoms with Crippen molar-refractivity contribution < 1.29 is 34.8 Å². The minimum atomic E-state index is -5.29. The van der Waals surface area contributed by atoms with Gasteiger partial charge in [-0.15, -0.1) is 0 Å². The molecule has 0 spiro atoms. The van der Waals surface area contributed by atoms with Crippen molar-refractivity contribution in [2.45, 2.75) is 42.6 Å². The van der Waals surface area contributed by atoms with Gasteiger partial charge in [-0.25, -0.2) is 18.1 Å². The van der Waals surface area contributed by atoms with Gasteiger partial charge in [-0.3, -0.25) is 0 Å². The number of nitrogens with one attached hydrogen (secondary N) is 2. The summed E-state index contributed by atoms with van der Waals surface area (Å²) in [6.45, 7) is 0. The second-order valence-electron chi connectivity index (χ2n) is 5.69. The molecule has 0 bridgehead atoms. The third-order valence-corrected chi connectivity index (χ3v) is 5.30. The van der Waals surface area contributed by atoms with Crippen LogP contribution in [-0.4, -0.2) is 20.4 Å². The van der Waals surface area contributed by atoms with Gasteiger partial charge in [0.2, 0.25) is 5.96 Å². The maximum atomic E-state index is 13.1. The maximum absolute atomic E-state index is 13.1. The fourth-order valence-corrected chi connectivity index (χ4v) is 3.80. The zero-order valence-electron chi connectivity index (χ0n) is 12.3. The van der Waals surface area contributed by atoms with E-state index in [0.717, 1.165) is 6.42 Å². The van der Waals surface area contributed by atoms with Crippen molar-refractivity contribution >= 4 is 21.7 Å². The van der Waals surface area contributed by atoms with Crippen molar-refractivity contribution in [3.05, 3.63) is 23.3 Å². The first-order chi connectivity index (χ1) is 11.4. The molecule has 1 aromatic rings. The molecule has 1 aromatic carbocycles. The van der Waals surface area contributed by atoms with E-state index in [9.17, 15) is 34.8 Å². The molecule has 0 aromatic heterocycles. The third-order valence-electron chi connectivity index (χ3n) is 3.86. The Hall–Kier alpha value is -1.98. The number of anilines is 1. The monoisotopic (exact) mass is 387 g/mol. The summed E-state index contributed by atoms with van der Waals surface area (Å²) in [5, 5.41) is 2.24. The number of halogens is 6. The van der Waals surface area contributed by atoms with Crippen molar-refractivity contribution in [2.24, 2.45) is 4.99 Å². The van der Waals surface area contributed by atoms with E-state index in [2.05, 4.69) is 10.3 Å². The average Bonchev–Trinajstić information content (AvgIpc) is 2.39. The van der Waals surface area contributed by atoms with E-state index in [1.54, 1.807) is 0 Å². The lowest BCUT2D eigenvalue weighted by molar-refractivity contribution is -0.144. The SMILES string of the molecule is O=S1(=O)NC(=NC2CCC2)Nc2cc(C(F)(F)F)cc(C(F)(F)F)c21. The van der Waals surface area contributed by atoms with Crippen molar-refractivity contribution in [2.75, 3.05) is 5.32 Å². The van der Waals surface area contributed by atoms with Gasteiger partial charge in [0.1, 0.15) is 4.90 Å². The van der Waals surface area contributed by atoms with Crippen LogP contribution >= 0.6 is 0 Å². The van der Waals surface area contributed by atoms with Crippen LogP contribution in [-0.2, 0) is 22.4 Å². The Balaban J connectivity index is 2.20. The van der Waals surface area contributed by atoms with Crippen molar-refractivity contribution in [1.82, 2.24) is 4.72 Å². The van der Waals surface area contributed by atoms with Crippen LogP contribution in [0, 0.1) is 0 Å². The molecule has 0 radical (unpaired) electrons. The third kappa shape index (κ3) is 3.39. The predicted molar refractivity (Wildman–Crippen MR) is 75.5 cm³/mol. The highest BCUT2D eigenvalue weighted by Crippen LogP contribution is 2.43. The number of aliphatic imine (C=N–C) groups is 1. The highest BCUT2D eigenvalue weighted by atomic mass is 32.2. The van der Waals surface area contributed by atoms with Crippen LogP contribution < -0.4 is 10.0 Å². The highest BCUT2D eigenvalue weighted by Gasteiger charge is 2.44. The number of fused-ring (bicyclic) bond motifs is 1. The molecule has 0 saturated heterocycles. The Morgan fingerprint density at radius 3 is 2.16 bits per heavy atom. The second kappa shape index (κ2) is 5.51. The number of sulfonamides is 1. The molecule has 1 heterocycles. The number of alkyl halides is 6. The van der Waals surface area contributed by atoms with E-state index in [0.29, 0.717) is 18.9 Å². The topological polar surface area (TPSA) is 70.6 Å². The molecule has 3 rings (SSSR count). The second-order valence-corrected chi connectivity index (χ2v) is 7.31. The summed E-state index contributed by atoms with van der Waals surface area (Å²) < 4.78 is 104. The minimum absolute atomic E-state index is 0.214. The maximum Gasteiger partial charge on any atom is 0.417 e. The molecule has 5 nitrogen and oxygen atoms in total. The molecule has 1 aliphatic carbocycles. The number of hydrogen-bond donors (Lipinski definition) is 2. The molecule has 0 amide bonds. The van der Waals surface area contributed by atoms with E-state index in [-0.39, 0.29) is 18.1 Å². The van der Waals surface area contributed by atoms with E-state index in [4.69, 9.17) is 0 Å². The summed E-state index contributed by atoms with van der Waals surface area (Å²) in [7, 11) is -4.73. The van der Waals surface area contributed by atoms with Crippen LogP contribution in [0.2, 0.25) is 0 Å². The first kappa shape index (κ1) is 17.8. The van der Waals surface area contributed by atoms with Crippen LogP contribution in [0.1, 0.15) is 30.4 Å². The fourth-order valence-electron chi connectivity index (χ4n) is 2.47. The number of guanidine groups is 1. The van der Waals surface area contributed by atoms with Gasteiger partial charge >= 0.3 is 12.4 Å². The summed E-state index contributed by atoms with van der Waals surface area (Å²) in [5.41, 5.74) is -4.30. The van der Waals surface area contributed by atoms with Crippen LogP contribution in [0.3, 0.4) is 0 Å². The molecule has 0 unspecified atom stereocenters. The van der Waals surface area contributed by atoms with Crippen LogP contribution in [0.4, 0.5) is 32.0 Å². The Morgan fingerprint density at radius 2 is 1.68 bits per heavy atom. The standard InChI is InChI=1S/C13H11F6N3O2S/c14-12(15,16)6-4-8(13(17,18)19)10-9(5-6)21-11(22-25(10,23)24)20-7-2-1-3-7/h4-5,7H,1-3H2,(H2,20,21,22). The van der Waals surface area contributed by atoms with Gasteiger partial charge in [0.05, 0.1) is 22.9 Å². The summed E-state index contributed by atoms with van der Waals surface area (Å²) in [6, 6.07) is -0.104. The Labute approximate surface area is 138 Å².